The third-order valence-electron chi connectivity index (χ3n) is 1.35. The van der Waals surface area contributed by atoms with Crippen LogP contribution < -0.4 is 10.6 Å². The summed E-state index contributed by atoms with van der Waals surface area (Å²) in [5.41, 5.74) is 0. The number of amides is 1. The van der Waals surface area contributed by atoms with Gasteiger partial charge < -0.3 is 15.7 Å². The molecule has 5 heteroatoms. The van der Waals surface area contributed by atoms with Crippen molar-refractivity contribution in [1.29, 1.82) is 0 Å². The van der Waals surface area contributed by atoms with E-state index in [1.165, 1.54) is 6.92 Å². The van der Waals surface area contributed by atoms with Crippen LogP contribution in [0.4, 0.5) is 0 Å². The molecule has 1 amide bonds. The predicted molar refractivity (Wildman–Crippen MR) is 43.6 cm³/mol. The van der Waals surface area contributed by atoms with E-state index in [0.717, 1.165) is 0 Å². The van der Waals surface area contributed by atoms with E-state index in [4.69, 9.17) is 5.11 Å². The lowest BCUT2D eigenvalue weighted by Crippen LogP contribution is -2.45. The first-order valence-corrected chi connectivity index (χ1v) is 3.67. The van der Waals surface area contributed by atoms with Gasteiger partial charge in [-0.3, -0.25) is 9.59 Å². The van der Waals surface area contributed by atoms with Gasteiger partial charge in [0.1, 0.15) is 6.04 Å². The summed E-state index contributed by atoms with van der Waals surface area (Å²) < 4.78 is 0. The van der Waals surface area contributed by atoms with Crippen molar-refractivity contribution in [3.05, 3.63) is 0 Å². The fourth-order valence-electron chi connectivity index (χ4n) is 0.682. The van der Waals surface area contributed by atoms with E-state index < -0.39 is 6.04 Å². The van der Waals surface area contributed by atoms with Gasteiger partial charge in [-0.2, -0.15) is 0 Å². The van der Waals surface area contributed by atoms with E-state index in [1.54, 1.807) is 7.05 Å². The van der Waals surface area contributed by atoms with Crippen LogP contribution in [0.5, 0.6) is 0 Å². The highest BCUT2D eigenvalue weighted by molar-refractivity contribution is 5.88. The van der Waals surface area contributed by atoms with Gasteiger partial charge in [0.05, 0.1) is 13.2 Å². The Hall–Kier alpha value is -0.940. The first-order chi connectivity index (χ1) is 5.61. The second-order valence-electron chi connectivity index (χ2n) is 2.44. The summed E-state index contributed by atoms with van der Waals surface area (Å²) >= 11 is 0. The predicted octanol–water partition coefficient (Wildman–Crippen LogP) is -1.73. The molecule has 0 bridgehead atoms. The zero-order valence-corrected chi connectivity index (χ0v) is 7.26. The Morgan fingerprint density at radius 2 is 2.08 bits per heavy atom. The van der Waals surface area contributed by atoms with E-state index >= 15 is 0 Å². The maximum atomic E-state index is 10.9. The molecule has 12 heavy (non-hydrogen) atoms. The van der Waals surface area contributed by atoms with Gasteiger partial charge in [0, 0.05) is 0 Å². The van der Waals surface area contributed by atoms with Gasteiger partial charge in [-0.05, 0) is 14.0 Å². The fourth-order valence-corrected chi connectivity index (χ4v) is 0.682. The molecule has 0 heterocycles. The average Bonchev–Trinajstić information content (AvgIpc) is 2.00. The Kier molecular flexibility index (Phi) is 5.23. The summed E-state index contributed by atoms with van der Waals surface area (Å²) in [6.45, 7) is 1.11. The smallest absolute Gasteiger partial charge is 0.234 e. The Morgan fingerprint density at radius 3 is 2.42 bits per heavy atom. The van der Waals surface area contributed by atoms with E-state index in [1.807, 2.05) is 0 Å². The van der Waals surface area contributed by atoms with Crippen LogP contribution in [0.15, 0.2) is 0 Å². The van der Waals surface area contributed by atoms with Crippen molar-refractivity contribution in [2.45, 2.75) is 13.0 Å². The van der Waals surface area contributed by atoms with Crippen molar-refractivity contribution in [3.8, 4) is 0 Å². The molecule has 0 aliphatic carbocycles. The molecule has 0 saturated carbocycles. The summed E-state index contributed by atoms with van der Waals surface area (Å²) in [6, 6.07) is -0.772. The third-order valence-corrected chi connectivity index (χ3v) is 1.35. The van der Waals surface area contributed by atoms with E-state index in [0.29, 0.717) is 0 Å². The molecule has 0 saturated heterocycles. The number of carbonyl (C=O) groups excluding carboxylic acids is 2. The van der Waals surface area contributed by atoms with E-state index in [9.17, 15) is 9.59 Å². The number of aliphatic hydroxyl groups is 1. The maximum Gasteiger partial charge on any atom is 0.234 e. The molecule has 5 nitrogen and oxygen atoms in total. The third kappa shape index (κ3) is 4.05. The van der Waals surface area contributed by atoms with E-state index in [2.05, 4.69) is 10.6 Å². The number of Topliss-reactive ketones (excluding diaryl/α,β-unsaturated/α-hetero) is 1. The van der Waals surface area contributed by atoms with Gasteiger partial charge in [-0.25, -0.2) is 0 Å². The molecular formula is C7H14N2O3. The normalized spacial score (nSPS) is 12.2. The minimum Gasteiger partial charge on any atom is -0.394 e. The molecule has 0 aromatic rings. The van der Waals surface area contributed by atoms with Crippen molar-refractivity contribution < 1.29 is 14.7 Å². The van der Waals surface area contributed by atoms with Crippen LogP contribution in [-0.2, 0) is 9.59 Å². The minimum absolute atomic E-state index is 0.143. The van der Waals surface area contributed by atoms with Crippen molar-refractivity contribution in [3.63, 3.8) is 0 Å². The molecule has 0 fully saturated rings. The van der Waals surface area contributed by atoms with Gasteiger partial charge >= 0.3 is 0 Å². The monoisotopic (exact) mass is 174 g/mol. The molecule has 70 valence electrons. The van der Waals surface area contributed by atoms with Crippen LogP contribution in [0.2, 0.25) is 0 Å². The summed E-state index contributed by atoms with van der Waals surface area (Å²) in [7, 11) is 1.63. The molecule has 0 aliphatic heterocycles. The standard InChI is InChI=1S/C7H14N2O3/c1-5(11)6(4-10)9-7(12)3-8-2/h6,8,10H,3-4H2,1-2H3,(H,9,12). The largest absolute Gasteiger partial charge is 0.394 e. The van der Waals surface area contributed by atoms with Crippen molar-refractivity contribution in [1.82, 2.24) is 10.6 Å². The molecule has 3 N–H and O–H groups in total. The molecule has 0 radical (unpaired) electrons. The Morgan fingerprint density at radius 1 is 1.50 bits per heavy atom. The number of ketones is 1. The number of carbonyl (C=O) groups is 2. The number of hydrogen-bond acceptors (Lipinski definition) is 4. The number of aliphatic hydroxyl groups excluding tert-OH is 1. The average molecular weight is 174 g/mol. The van der Waals surface area contributed by atoms with Crippen LogP contribution in [0.25, 0.3) is 0 Å². The summed E-state index contributed by atoms with van der Waals surface area (Å²) in [5, 5.41) is 13.7. The summed E-state index contributed by atoms with van der Waals surface area (Å²) in [6.07, 6.45) is 0. The molecule has 0 aliphatic rings. The van der Waals surface area contributed by atoms with Crippen molar-refractivity contribution >= 4 is 11.7 Å². The highest BCUT2D eigenvalue weighted by Crippen LogP contribution is 1.83. The fraction of sp³-hybridized carbons (Fsp3) is 0.714. The van der Waals surface area contributed by atoms with Gasteiger partial charge in [-0.1, -0.05) is 0 Å². The van der Waals surface area contributed by atoms with Crippen molar-refractivity contribution in [2.24, 2.45) is 0 Å². The zero-order chi connectivity index (χ0) is 9.56. The minimum atomic E-state index is -0.772. The maximum absolute atomic E-state index is 10.9. The molecule has 0 spiro atoms. The van der Waals surface area contributed by atoms with Crippen molar-refractivity contribution in [2.75, 3.05) is 20.2 Å². The number of nitrogens with one attached hydrogen (secondary N) is 2. The highest BCUT2D eigenvalue weighted by Gasteiger charge is 2.14. The van der Waals surface area contributed by atoms with Crippen LogP contribution >= 0.6 is 0 Å². The molecule has 1 unspecified atom stereocenters. The second-order valence-corrected chi connectivity index (χ2v) is 2.44. The molecule has 0 aromatic heterocycles. The number of hydrogen-bond donors (Lipinski definition) is 3. The van der Waals surface area contributed by atoms with Crippen LogP contribution in [0, 0.1) is 0 Å². The topological polar surface area (TPSA) is 78.4 Å². The highest BCUT2D eigenvalue weighted by atomic mass is 16.3. The number of likely N-dealkylation sites (N-methyl/N-ethyl adjacent to an activating group) is 1. The molecular weight excluding hydrogens is 160 g/mol. The molecule has 0 aromatic carbocycles. The molecule has 0 rings (SSSR count). The van der Waals surface area contributed by atoms with Gasteiger partial charge in [0.15, 0.2) is 5.78 Å². The first-order valence-electron chi connectivity index (χ1n) is 3.67. The Bertz CT molecular complexity index is 170. The quantitative estimate of drug-likeness (QED) is 0.463. The first kappa shape index (κ1) is 11.1. The van der Waals surface area contributed by atoms with E-state index in [-0.39, 0.29) is 24.8 Å². The van der Waals surface area contributed by atoms with Crippen LogP contribution in [0.3, 0.4) is 0 Å². The Balaban J connectivity index is 3.85. The van der Waals surface area contributed by atoms with Gasteiger partial charge in [-0.15, -0.1) is 0 Å². The van der Waals surface area contributed by atoms with Crippen LogP contribution in [0.1, 0.15) is 6.92 Å². The SMILES string of the molecule is CNCC(=O)NC(CO)C(C)=O. The zero-order valence-electron chi connectivity index (χ0n) is 7.26. The Labute approximate surface area is 71.1 Å². The summed E-state index contributed by atoms with van der Waals surface area (Å²) in [4.78, 5) is 21.6. The molecule has 1 atom stereocenters. The number of rotatable bonds is 5. The van der Waals surface area contributed by atoms with Crippen LogP contribution in [-0.4, -0.2) is 43.0 Å². The second kappa shape index (κ2) is 5.68. The lowest BCUT2D eigenvalue weighted by molar-refractivity contribution is -0.127. The van der Waals surface area contributed by atoms with Gasteiger partial charge in [0.2, 0.25) is 5.91 Å². The lowest BCUT2D eigenvalue weighted by Gasteiger charge is -2.12. The summed E-state index contributed by atoms with van der Waals surface area (Å²) in [5.74, 6) is -0.547. The van der Waals surface area contributed by atoms with Gasteiger partial charge in [0.25, 0.3) is 0 Å². The lowest BCUT2D eigenvalue weighted by atomic mass is 10.2.